The van der Waals surface area contributed by atoms with Crippen LogP contribution in [-0.2, 0) is 20.2 Å². The van der Waals surface area contributed by atoms with E-state index in [-0.39, 0.29) is 47.9 Å². The quantitative estimate of drug-likeness (QED) is 0.0700. The number of carbonyl (C=O) groups excluding carboxylic acids is 3. The van der Waals surface area contributed by atoms with Crippen LogP contribution in [0.1, 0.15) is 43.1 Å². The van der Waals surface area contributed by atoms with Crippen molar-refractivity contribution in [2.75, 3.05) is 60.8 Å². The van der Waals surface area contributed by atoms with Crippen LogP contribution in [-0.4, -0.2) is 121 Å². The Kier molecular flexibility index (Phi) is 14.7. The molecular formula is C45H53N7O12S. The highest BCUT2D eigenvalue weighted by Crippen LogP contribution is 2.40. The molecule has 1 aliphatic heterocycles. The van der Waals surface area contributed by atoms with Crippen molar-refractivity contribution >= 4 is 67.2 Å². The number of urea groups is 1. The minimum absolute atomic E-state index is 0.0947. The number of aliphatic hydroxyl groups excluding tert-OH is 4. The molecule has 4 amide bonds. The second-order valence-electron chi connectivity index (χ2n) is 16.3. The van der Waals surface area contributed by atoms with Gasteiger partial charge in [0.1, 0.15) is 41.4 Å². The van der Waals surface area contributed by atoms with E-state index in [0.29, 0.717) is 39.5 Å². The van der Waals surface area contributed by atoms with Crippen LogP contribution >= 0.6 is 0 Å². The van der Waals surface area contributed by atoms with E-state index >= 15 is 0 Å². The number of aliphatic hydroxyl groups is 4. The third-order valence-corrected chi connectivity index (χ3v) is 11.2. The van der Waals surface area contributed by atoms with Gasteiger partial charge in [0.05, 0.1) is 55.7 Å². The Morgan fingerprint density at radius 1 is 0.846 bits per heavy atom. The number of anilines is 5. The van der Waals surface area contributed by atoms with E-state index in [1.54, 1.807) is 54.7 Å². The summed E-state index contributed by atoms with van der Waals surface area (Å²) < 4.78 is 44.2. The van der Waals surface area contributed by atoms with E-state index in [4.69, 9.17) is 14.2 Å². The van der Waals surface area contributed by atoms with Crippen LogP contribution in [0.2, 0.25) is 0 Å². The van der Waals surface area contributed by atoms with Crippen molar-refractivity contribution in [3.8, 4) is 23.0 Å². The minimum Gasteiger partial charge on any atom is -0.496 e. The molecule has 1 aromatic heterocycles. The molecule has 0 unspecified atom stereocenters. The van der Waals surface area contributed by atoms with Crippen molar-refractivity contribution < 1.29 is 57.4 Å². The first-order valence-electron chi connectivity index (χ1n) is 20.4. The highest BCUT2D eigenvalue weighted by molar-refractivity contribution is 7.92. The predicted octanol–water partition coefficient (Wildman–Crippen LogP) is 4.51. The number of benzene rings is 4. The summed E-state index contributed by atoms with van der Waals surface area (Å²) >= 11 is 0. The fraction of sp³-hybridized carbons (Fsp3) is 0.333. The second kappa shape index (κ2) is 20.0. The van der Waals surface area contributed by atoms with Gasteiger partial charge in [-0.2, -0.15) is 0 Å². The number of hydrogen-bond donors (Lipinski definition) is 9. The standard InChI is InChI=1S/C45H53N7O12S/c1-45(2,3)25-19-32(42(63-5)33(20-25)51-65(6,60)61)50-44(59)49-31-13-14-36(29-10-8-7-9-28(29)31)64-27-15-17-46-38(22-27)48-26-11-12-30(37(21-26)62-4)43(58)47-18-16-39(55)52-23-35(54)41(57)40(56)34(52)24-53/h7-15,17,19-22,34-35,40-41,51,53-54,56-57H,16,18,23-24H2,1-6H3,(H,46,48)(H,47,58)(H2,49,50,59)/t34-,35+,40-,41-/m1/s1. The maximum atomic E-state index is 13.5. The number of nitrogens with zero attached hydrogens (tertiary/aromatic N) is 2. The Morgan fingerprint density at radius 3 is 2.23 bits per heavy atom. The molecule has 1 aliphatic rings. The van der Waals surface area contributed by atoms with Crippen molar-refractivity contribution in [3.63, 3.8) is 0 Å². The van der Waals surface area contributed by atoms with Gasteiger partial charge in [-0.15, -0.1) is 0 Å². The van der Waals surface area contributed by atoms with Gasteiger partial charge in [-0.3, -0.25) is 14.3 Å². The highest BCUT2D eigenvalue weighted by atomic mass is 32.2. The summed E-state index contributed by atoms with van der Waals surface area (Å²) in [5, 5.41) is 52.7. The number of β-amino-alcohol motifs (C(OH)–C–C–N with tert-alkyl or cyclic N) is 1. The van der Waals surface area contributed by atoms with Gasteiger partial charge in [0.2, 0.25) is 15.9 Å². The van der Waals surface area contributed by atoms with E-state index < -0.39 is 64.2 Å². The number of aromatic nitrogens is 1. The number of fused-ring (bicyclic) bond motifs is 1. The molecule has 65 heavy (non-hydrogen) atoms. The number of amides is 4. The van der Waals surface area contributed by atoms with Crippen LogP contribution < -0.4 is 40.2 Å². The summed E-state index contributed by atoms with van der Waals surface area (Å²) in [6.45, 7) is 4.89. The predicted molar refractivity (Wildman–Crippen MR) is 245 cm³/mol. The Morgan fingerprint density at radius 2 is 1.55 bits per heavy atom. The lowest BCUT2D eigenvalue weighted by atomic mass is 9.86. The lowest BCUT2D eigenvalue weighted by Crippen LogP contribution is -2.64. The molecule has 1 fully saturated rings. The number of likely N-dealkylation sites (tertiary alicyclic amines) is 1. The molecule has 5 aromatic rings. The molecule has 20 heteroatoms. The number of ether oxygens (including phenoxy) is 3. The molecule has 0 saturated carbocycles. The van der Waals surface area contributed by atoms with Gasteiger partial charge < -0.3 is 60.8 Å². The summed E-state index contributed by atoms with van der Waals surface area (Å²) in [5.41, 5.74) is 1.99. The van der Waals surface area contributed by atoms with Crippen molar-refractivity contribution in [1.82, 2.24) is 15.2 Å². The zero-order chi connectivity index (χ0) is 47.2. The van der Waals surface area contributed by atoms with Crippen LogP contribution in [0, 0.1) is 0 Å². The third kappa shape index (κ3) is 11.5. The summed E-state index contributed by atoms with van der Waals surface area (Å²) in [4.78, 5) is 45.0. The molecular weight excluding hydrogens is 863 g/mol. The SMILES string of the molecule is COc1cc(Nc2cc(Oc3ccc(NC(=O)Nc4cc(C(C)(C)C)cc(NS(C)(=O)=O)c4OC)c4ccccc34)ccn2)ccc1C(=O)NCCC(=O)N1C[C@H](O)[C@@H](O)[C@H](O)[C@H]1CO. The second-order valence-corrected chi connectivity index (χ2v) is 18.1. The molecule has 4 aromatic carbocycles. The number of hydrogen-bond acceptors (Lipinski definition) is 14. The van der Waals surface area contributed by atoms with Gasteiger partial charge in [-0.25, -0.2) is 18.2 Å². The first-order chi connectivity index (χ1) is 30.8. The maximum Gasteiger partial charge on any atom is 0.323 e. The van der Waals surface area contributed by atoms with Crippen LogP contribution in [0.5, 0.6) is 23.0 Å². The van der Waals surface area contributed by atoms with E-state index in [0.717, 1.165) is 16.7 Å². The number of rotatable bonds is 15. The highest BCUT2D eigenvalue weighted by Gasteiger charge is 2.42. The zero-order valence-electron chi connectivity index (χ0n) is 36.6. The number of piperidine rings is 1. The summed E-state index contributed by atoms with van der Waals surface area (Å²) in [7, 11) is -0.886. The number of carbonyl (C=O) groups is 3. The lowest BCUT2D eigenvalue weighted by molar-refractivity contribution is -0.166. The van der Waals surface area contributed by atoms with Gasteiger partial charge in [0.25, 0.3) is 5.91 Å². The van der Waals surface area contributed by atoms with Crippen LogP contribution in [0.15, 0.2) is 85.1 Å². The number of sulfonamides is 1. The first kappa shape index (κ1) is 47.8. The third-order valence-electron chi connectivity index (χ3n) is 10.6. The Balaban J connectivity index is 1.12. The van der Waals surface area contributed by atoms with Gasteiger partial charge in [-0.05, 0) is 53.4 Å². The largest absolute Gasteiger partial charge is 0.496 e. The normalized spacial score (nSPS) is 17.5. The molecule has 0 bridgehead atoms. The van der Waals surface area contributed by atoms with Gasteiger partial charge in [0.15, 0.2) is 5.75 Å². The number of methoxy groups -OCH3 is 2. The van der Waals surface area contributed by atoms with Gasteiger partial charge in [-0.1, -0.05) is 45.0 Å². The first-order valence-corrected chi connectivity index (χ1v) is 22.3. The molecule has 346 valence electrons. The van der Waals surface area contributed by atoms with Crippen LogP contribution in [0.3, 0.4) is 0 Å². The molecule has 0 spiro atoms. The molecule has 0 aliphatic carbocycles. The van der Waals surface area contributed by atoms with E-state index in [2.05, 4.69) is 31.0 Å². The Bertz CT molecular complexity index is 2680. The lowest BCUT2D eigenvalue weighted by Gasteiger charge is -2.43. The van der Waals surface area contributed by atoms with Crippen molar-refractivity contribution in [2.24, 2.45) is 0 Å². The average molecular weight is 916 g/mol. The van der Waals surface area contributed by atoms with Crippen molar-refractivity contribution in [3.05, 3.63) is 96.2 Å². The van der Waals surface area contributed by atoms with E-state index in [1.165, 1.54) is 20.3 Å². The monoisotopic (exact) mass is 915 g/mol. The molecule has 19 nitrogen and oxygen atoms in total. The van der Waals surface area contributed by atoms with Gasteiger partial charge >= 0.3 is 6.03 Å². The summed E-state index contributed by atoms with van der Waals surface area (Å²) in [6.07, 6.45) is -2.04. The molecule has 2 heterocycles. The smallest absolute Gasteiger partial charge is 0.323 e. The fourth-order valence-electron chi connectivity index (χ4n) is 7.27. The minimum atomic E-state index is -3.67. The summed E-state index contributed by atoms with van der Waals surface area (Å²) in [5.74, 6) is 0.623. The van der Waals surface area contributed by atoms with Crippen LogP contribution in [0.25, 0.3) is 10.8 Å². The topological polar surface area (TPSA) is 270 Å². The summed E-state index contributed by atoms with van der Waals surface area (Å²) in [6, 6.07) is 20.6. The van der Waals surface area contributed by atoms with Gasteiger partial charge in [0, 0.05) is 54.3 Å². The number of pyridine rings is 1. The Labute approximate surface area is 375 Å². The van der Waals surface area contributed by atoms with E-state index in [9.17, 15) is 43.2 Å². The zero-order valence-corrected chi connectivity index (χ0v) is 37.4. The molecule has 6 rings (SSSR count). The average Bonchev–Trinajstić information content (AvgIpc) is 3.25. The molecule has 1 saturated heterocycles. The fourth-order valence-corrected chi connectivity index (χ4v) is 7.82. The molecule has 4 atom stereocenters. The van der Waals surface area contributed by atoms with Crippen molar-refractivity contribution in [2.45, 2.75) is 57.0 Å². The van der Waals surface area contributed by atoms with E-state index in [1.807, 2.05) is 45.0 Å². The van der Waals surface area contributed by atoms with Crippen molar-refractivity contribution in [1.29, 1.82) is 0 Å². The van der Waals surface area contributed by atoms with Crippen LogP contribution in [0.4, 0.5) is 33.4 Å². The number of nitrogens with one attached hydrogen (secondary N) is 5. The molecule has 0 radical (unpaired) electrons. The maximum absolute atomic E-state index is 13.5. The Hall–Kier alpha value is -6.71. The molecule has 9 N–H and O–H groups in total.